The number of hydrogen-bond donors (Lipinski definition) is 0. The fourth-order valence-corrected chi connectivity index (χ4v) is 3.69. The molecule has 0 fully saturated rings. The Hall–Kier alpha value is -2.91. The van der Waals surface area contributed by atoms with E-state index in [0.29, 0.717) is 36.8 Å². The Bertz CT molecular complexity index is 770. The molecule has 0 atom stereocenters. The Balaban J connectivity index is 2.29. The summed E-state index contributed by atoms with van der Waals surface area (Å²) in [6.45, 7) is 0. The van der Waals surface area contributed by atoms with Gasteiger partial charge >= 0.3 is 0 Å². The zero-order valence-corrected chi connectivity index (χ0v) is 12.7. The zero-order chi connectivity index (χ0) is 16.3. The minimum absolute atomic E-state index is 0.0285. The quantitative estimate of drug-likeness (QED) is 0.853. The van der Waals surface area contributed by atoms with Crippen LogP contribution in [-0.4, -0.2) is 5.78 Å². The molecule has 0 aliphatic heterocycles. The van der Waals surface area contributed by atoms with Crippen molar-refractivity contribution in [3.63, 3.8) is 0 Å². The van der Waals surface area contributed by atoms with Crippen LogP contribution in [0.15, 0.2) is 48.5 Å². The van der Waals surface area contributed by atoms with Crippen LogP contribution in [0.25, 0.3) is 0 Å². The maximum Gasteiger partial charge on any atom is 0.193 e. The lowest BCUT2D eigenvalue weighted by Gasteiger charge is -2.40. The molecule has 23 heavy (non-hydrogen) atoms. The SMILES string of the molecule is N#CCCC1(CCC#N)c2ccccc2C(=O)c2ccccc21. The highest BCUT2D eigenvalue weighted by Crippen LogP contribution is 2.47. The molecule has 0 N–H and O–H groups in total. The van der Waals surface area contributed by atoms with E-state index < -0.39 is 5.41 Å². The van der Waals surface area contributed by atoms with Crippen molar-refractivity contribution in [3.8, 4) is 12.1 Å². The maximum atomic E-state index is 12.8. The van der Waals surface area contributed by atoms with Gasteiger partial charge in [0.15, 0.2) is 5.78 Å². The fourth-order valence-electron chi connectivity index (χ4n) is 3.69. The molecule has 0 heterocycles. The van der Waals surface area contributed by atoms with E-state index in [1.54, 1.807) is 0 Å². The van der Waals surface area contributed by atoms with Crippen LogP contribution < -0.4 is 0 Å². The molecule has 0 saturated carbocycles. The lowest BCUT2D eigenvalue weighted by molar-refractivity contribution is 0.102. The van der Waals surface area contributed by atoms with Gasteiger partial charge in [-0.2, -0.15) is 10.5 Å². The second-order valence-electron chi connectivity index (χ2n) is 5.82. The highest BCUT2D eigenvalue weighted by Gasteiger charge is 2.42. The van der Waals surface area contributed by atoms with Crippen LogP contribution >= 0.6 is 0 Å². The molecule has 0 bridgehead atoms. The van der Waals surface area contributed by atoms with E-state index in [4.69, 9.17) is 10.5 Å². The Morgan fingerprint density at radius 2 is 1.22 bits per heavy atom. The smallest absolute Gasteiger partial charge is 0.193 e. The molecular formula is C20H16N2O. The molecule has 0 spiro atoms. The van der Waals surface area contributed by atoms with Gasteiger partial charge < -0.3 is 0 Å². The van der Waals surface area contributed by atoms with Crippen LogP contribution in [0.5, 0.6) is 0 Å². The van der Waals surface area contributed by atoms with Gasteiger partial charge in [-0.3, -0.25) is 4.79 Å². The maximum absolute atomic E-state index is 12.8. The van der Waals surface area contributed by atoms with Crippen LogP contribution in [0.4, 0.5) is 0 Å². The van der Waals surface area contributed by atoms with Crippen LogP contribution in [0, 0.1) is 22.7 Å². The van der Waals surface area contributed by atoms with E-state index in [9.17, 15) is 4.79 Å². The summed E-state index contributed by atoms with van der Waals surface area (Å²) in [6, 6.07) is 19.7. The minimum Gasteiger partial charge on any atom is -0.289 e. The molecule has 0 saturated heterocycles. The van der Waals surface area contributed by atoms with E-state index in [1.165, 1.54) is 0 Å². The average Bonchev–Trinajstić information content (AvgIpc) is 2.61. The predicted octanol–water partition coefficient (Wildman–Crippen LogP) is 4.12. The first-order chi connectivity index (χ1) is 11.2. The number of fused-ring (bicyclic) bond motifs is 2. The Morgan fingerprint density at radius 3 is 1.65 bits per heavy atom. The monoisotopic (exact) mass is 300 g/mol. The summed E-state index contributed by atoms with van der Waals surface area (Å²) in [4.78, 5) is 12.8. The number of carbonyl (C=O) groups is 1. The molecule has 2 aromatic carbocycles. The predicted molar refractivity (Wildman–Crippen MR) is 86.8 cm³/mol. The first-order valence-electron chi connectivity index (χ1n) is 7.72. The number of carbonyl (C=O) groups excluding carboxylic acids is 1. The van der Waals surface area contributed by atoms with Gasteiger partial charge in [-0.05, 0) is 24.0 Å². The van der Waals surface area contributed by atoms with Gasteiger partial charge in [-0.15, -0.1) is 0 Å². The first-order valence-corrected chi connectivity index (χ1v) is 7.72. The van der Waals surface area contributed by atoms with Crippen LogP contribution in [0.1, 0.15) is 52.7 Å². The normalized spacial score (nSPS) is 14.3. The second-order valence-corrected chi connectivity index (χ2v) is 5.82. The van der Waals surface area contributed by atoms with E-state index in [2.05, 4.69) is 12.1 Å². The van der Waals surface area contributed by atoms with Gasteiger partial charge in [0.1, 0.15) is 0 Å². The van der Waals surface area contributed by atoms with Crippen molar-refractivity contribution in [2.75, 3.05) is 0 Å². The third-order valence-corrected chi connectivity index (χ3v) is 4.70. The second kappa shape index (κ2) is 6.07. The summed E-state index contributed by atoms with van der Waals surface area (Å²) in [5.41, 5.74) is 2.86. The summed E-state index contributed by atoms with van der Waals surface area (Å²) in [6.07, 6.45) is 2.02. The summed E-state index contributed by atoms with van der Waals surface area (Å²) < 4.78 is 0. The molecule has 3 heteroatoms. The van der Waals surface area contributed by atoms with Crippen LogP contribution in [-0.2, 0) is 5.41 Å². The number of nitrogens with zero attached hydrogens (tertiary/aromatic N) is 2. The summed E-state index contributed by atoms with van der Waals surface area (Å²) in [5, 5.41) is 18.2. The van der Waals surface area contributed by atoms with E-state index in [0.717, 1.165) is 11.1 Å². The number of rotatable bonds is 4. The lowest BCUT2D eigenvalue weighted by atomic mass is 9.62. The number of benzene rings is 2. The van der Waals surface area contributed by atoms with Gasteiger partial charge in [-0.1, -0.05) is 48.5 Å². The molecule has 0 radical (unpaired) electrons. The fraction of sp³-hybridized carbons (Fsp3) is 0.250. The summed E-state index contributed by atoms with van der Waals surface area (Å²) in [7, 11) is 0. The molecule has 2 aromatic rings. The molecule has 0 unspecified atom stereocenters. The van der Waals surface area contributed by atoms with Gasteiger partial charge in [0.25, 0.3) is 0 Å². The third-order valence-electron chi connectivity index (χ3n) is 4.70. The topological polar surface area (TPSA) is 64.7 Å². The molecular weight excluding hydrogens is 284 g/mol. The lowest BCUT2D eigenvalue weighted by Crippen LogP contribution is -2.35. The van der Waals surface area contributed by atoms with Crippen molar-refractivity contribution >= 4 is 5.78 Å². The van der Waals surface area contributed by atoms with Crippen molar-refractivity contribution < 1.29 is 4.79 Å². The van der Waals surface area contributed by atoms with Gasteiger partial charge in [0, 0.05) is 29.4 Å². The number of hydrogen-bond acceptors (Lipinski definition) is 3. The van der Waals surface area contributed by atoms with Gasteiger partial charge in [0.2, 0.25) is 0 Å². The number of ketones is 1. The van der Waals surface area contributed by atoms with Crippen molar-refractivity contribution in [1.82, 2.24) is 0 Å². The van der Waals surface area contributed by atoms with Crippen molar-refractivity contribution in [2.24, 2.45) is 0 Å². The standard InChI is InChI=1S/C20H16N2O/c21-13-5-11-20(12-6-14-22)17-9-3-1-7-15(17)19(23)16-8-2-4-10-18(16)20/h1-4,7-10H,5-6,11-12H2. The summed E-state index contributed by atoms with van der Waals surface area (Å²) in [5.74, 6) is 0.0285. The molecule has 0 amide bonds. The zero-order valence-electron chi connectivity index (χ0n) is 12.7. The molecule has 3 rings (SSSR count). The molecule has 3 nitrogen and oxygen atoms in total. The molecule has 1 aliphatic carbocycles. The Labute approximate surface area is 135 Å². The van der Waals surface area contributed by atoms with Gasteiger partial charge in [0.05, 0.1) is 12.1 Å². The van der Waals surface area contributed by atoms with Crippen LogP contribution in [0.3, 0.4) is 0 Å². The third kappa shape index (κ3) is 2.31. The van der Waals surface area contributed by atoms with E-state index >= 15 is 0 Å². The average molecular weight is 300 g/mol. The minimum atomic E-state index is -0.438. The van der Waals surface area contributed by atoms with Crippen LogP contribution in [0.2, 0.25) is 0 Å². The Kier molecular flexibility index (Phi) is 3.96. The van der Waals surface area contributed by atoms with Gasteiger partial charge in [-0.25, -0.2) is 0 Å². The first kappa shape index (κ1) is 15.0. The van der Waals surface area contributed by atoms with Crippen molar-refractivity contribution in [3.05, 3.63) is 70.8 Å². The highest BCUT2D eigenvalue weighted by molar-refractivity contribution is 6.13. The molecule has 112 valence electrons. The number of nitriles is 2. The van der Waals surface area contributed by atoms with E-state index in [-0.39, 0.29) is 5.78 Å². The van der Waals surface area contributed by atoms with Crippen molar-refractivity contribution in [2.45, 2.75) is 31.1 Å². The highest BCUT2D eigenvalue weighted by atomic mass is 16.1. The Morgan fingerprint density at radius 1 is 0.783 bits per heavy atom. The summed E-state index contributed by atoms with van der Waals surface area (Å²) >= 11 is 0. The largest absolute Gasteiger partial charge is 0.289 e. The molecule has 0 aromatic heterocycles. The van der Waals surface area contributed by atoms with Crippen molar-refractivity contribution in [1.29, 1.82) is 10.5 Å². The van der Waals surface area contributed by atoms with E-state index in [1.807, 2.05) is 48.5 Å². The molecule has 1 aliphatic rings.